The molecule has 0 aromatic heterocycles. The molecule has 1 heterocycles. The minimum atomic E-state index is -0.384. The Labute approximate surface area is 122 Å². The van der Waals surface area contributed by atoms with Gasteiger partial charge in [-0.15, -0.1) is 0 Å². The maximum absolute atomic E-state index is 12.2. The molecule has 1 unspecified atom stereocenters. The van der Waals surface area contributed by atoms with Crippen LogP contribution in [0.3, 0.4) is 0 Å². The molecule has 1 fully saturated rings. The molecule has 1 N–H and O–H groups in total. The molecule has 0 spiro atoms. The highest BCUT2D eigenvalue weighted by atomic mass is 35.5. The third-order valence-corrected chi connectivity index (χ3v) is 3.55. The van der Waals surface area contributed by atoms with E-state index in [1.807, 2.05) is 0 Å². The second-order valence-electron chi connectivity index (χ2n) is 4.75. The molecule has 20 heavy (non-hydrogen) atoms. The molecular formula is C14H17ClN2O3. The van der Waals surface area contributed by atoms with Crippen LogP contribution in [0.2, 0.25) is 5.02 Å². The van der Waals surface area contributed by atoms with Crippen molar-refractivity contribution in [1.82, 2.24) is 4.90 Å². The average Bonchev–Trinajstić information content (AvgIpc) is 2.46. The Bertz CT molecular complexity index is 507. The lowest BCUT2D eigenvalue weighted by Gasteiger charge is -2.30. The number of amides is 2. The van der Waals surface area contributed by atoms with E-state index in [1.165, 1.54) is 7.11 Å². The first-order valence-corrected chi connectivity index (χ1v) is 6.87. The summed E-state index contributed by atoms with van der Waals surface area (Å²) in [6.45, 7) is 1.02. The summed E-state index contributed by atoms with van der Waals surface area (Å²) in [6, 6.07) is 7.00. The summed E-state index contributed by atoms with van der Waals surface area (Å²) in [5.41, 5.74) is 0.665. The maximum Gasteiger partial charge on any atom is 0.409 e. The van der Waals surface area contributed by atoms with Crippen LogP contribution in [-0.2, 0) is 9.53 Å². The molecule has 6 heteroatoms. The maximum atomic E-state index is 12.2. The van der Waals surface area contributed by atoms with E-state index >= 15 is 0 Å². The van der Waals surface area contributed by atoms with Crippen LogP contribution >= 0.6 is 11.6 Å². The predicted molar refractivity (Wildman–Crippen MR) is 76.8 cm³/mol. The first kappa shape index (κ1) is 14.7. The number of anilines is 1. The second kappa shape index (κ2) is 6.61. The topological polar surface area (TPSA) is 58.6 Å². The number of nitrogens with one attached hydrogen (secondary N) is 1. The van der Waals surface area contributed by atoms with E-state index in [4.69, 9.17) is 11.6 Å². The normalized spacial score (nSPS) is 18.5. The van der Waals surface area contributed by atoms with Crippen LogP contribution < -0.4 is 5.32 Å². The molecule has 2 rings (SSSR count). The van der Waals surface area contributed by atoms with Crippen LogP contribution in [0.1, 0.15) is 12.8 Å². The lowest BCUT2D eigenvalue weighted by Crippen LogP contribution is -2.43. The summed E-state index contributed by atoms with van der Waals surface area (Å²) >= 11 is 5.88. The van der Waals surface area contributed by atoms with Gasteiger partial charge in [-0.2, -0.15) is 0 Å². The number of hydrogen-bond donors (Lipinski definition) is 1. The van der Waals surface area contributed by atoms with Crippen molar-refractivity contribution in [2.75, 3.05) is 25.5 Å². The Morgan fingerprint density at radius 2 is 2.25 bits per heavy atom. The number of hydrogen-bond acceptors (Lipinski definition) is 3. The zero-order chi connectivity index (χ0) is 14.5. The summed E-state index contributed by atoms with van der Waals surface area (Å²) in [5.74, 6) is -0.317. The van der Waals surface area contributed by atoms with Gasteiger partial charge in [-0.3, -0.25) is 4.79 Å². The first-order valence-electron chi connectivity index (χ1n) is 6.49. The largest absolute Gasteiger partial charge is 0.453 e. The molecule has 0 radical (unpaired) electrons. The van der Waals surface area contributed by atoms with Crippen molar-refractivity contribution in [2.24, 2.45) is 5.92 Å². The molecule has 1 aromatic rings. The van der Waals surface area contributed by atoms with E-state index in [0.29, 0.717) is 23.8 Å². The number of likely N-dealkylation sites (tertiary alicyclic amines) is 1. The minimum absolute atomic E-state index is 0.0964. The minimum Gasteiger partial charge on any atom is -0.453 e. The third kappa shape index (κ3) is 3.63. The van der Waals surface area contributed by atoms with Crippen LogP contribution in [0.4, 0.5) is 10.5 Å². The van der Waals surface area contributed by atoms with Crippen molar-refractivity contribution in [3.63, 3.8) is 0 Å². The Morgan fingerprint density at radius 1 is 1.45 bits per heavy atom. The fourth-order valence-electron chi connectivity index (χ4n) is 2.30. The van der Waals surface area contributed by atoms with Crippen molar-refractivity contribution in [3.8, 4) is 0 Å². The predicted octanol–water partition coefficient (Wildman–Crippen LogP) is 2.76. The summed E-state index contributed by atoms with van der Waals surface area (Å²) in [7, 11) is 1.35. The van der Waals surface area contributed by atoms with Gasteiger partial charge in [0.15, 0.2) is 0 Å². The van der Waals surface area contributed by atoms with Gasteiger partial charge in [0.1, 0.15) is 0 Å². The van der Waals surface area contributed by atoms with Crippen LogP contribution in [0.5, 0.6) is 0 Å². The number of benzene rings is 1. The Morgan fingerprint density at radius 3 is 2.95 bits per heavy atom. The van der Waals surface area contributed by atoms with Crippen LogP contribution in [0.15, 0.2) is 24.3 Å². The monoisotopic (exact) mass is 296 g/mol. The molecule has 5 nitrogen and oxygen atoms in total. The van der Waals surface area contributed by atoms with Gasteiger partial charge in [0.05, 0.1) is 13.0 Å². The second-order valence-corrected chi connectivity index (χ2v) is 5.19. The van der Waals surface area contributed by atoms with Crippen molar-refractivity contribution in [1.29, 1.82) is 0 Å². The number of carbonyl (C=O) groups excluding carboxylic acids is 2. The molecule has 1 saturated heterocycles. The fourth-order valence-corrected chi connectivity index (χ4v) is 2.49. The molecule has 1 aromatic carbocycles. The van der Waals surface area contributed by atoms with Crippen molar-refractivity contribution < 1.29 is 14.3 Å². The zero-order valence-electron chi connectivity index (χ0n) is 11.3. The fraction of sp³-hybridized carbons (Fsp3) is 0.429. The molecule has 108 valence electrons. The van der Waals surface area contributed by atoms with Crippen molar-refractivity contribution in [2.45, 2.75) is 12.8 Å². The molecular weight excluding hydrogens is 280 g/mol. The molecule has 1 aliphatic heterocycles. The third-order valence-electron chi connectivity index (χ3n) is 3.32. The molecule has 2 amide bonds. The standard InChI is InChI=1S/C14H17ClN2O3/c1-20-14(19)17-7-3-4-10(9-17)13(18)16-12-6-2-5-11(15)8-12/h2,5-6,8,10H,3-4,7,9H2,1H3,(H,16,18). The Balaban J connectivity index is 1.97. The first-order chi connectivity index (χ1) is 9.60. The highest BCUT2D eigenvalue weighted by Crippen LogP contribution is 2.20. The van der Waals surface area contributed by atoms with E-state index in [9.17, 15) is 9.59 Å². The van der Waals surface area contributed by atoms with Crippen molar-refractivity contribution in [3.05, 3.63) is 29.3 Å². The van der Waals surface area contributed by atoms with Gasteiger partial charge >= 0.3 is 6.09 Å². The Hall–Kier alpha value is -1.75. The van der Waals surface area contributed by atoms with Gasteiger partial charge in [-0.25, -0.2) is 4.79 Å². The van der Waals surface area contributed by atoms with Gasteiger partial charge < -0.3 is 15.0 Å². The summed E-state index contributed by atoms with van der Waals surface area (Å²) in [6.07, 6.45) is 1.17. The van der Waals surface area contributed by atoms with E-state index in [1.54, 1.807) is 29.2 Å². The highest BCUT2D eigenvalue weighted by Gasteiger charge is 2.28. The number of halogens is 1. The lowest BCUT2D eigenvalue weighted by molar-refractivity contribution is -0.121. The van der Waals surface area contributed by atoms with Gasteiger partial charge in [0.25, 0.3) is 0 Å². The van der Waals surface area contributed by atoms with Crippen LogP contribution in [-0.4, -0.2) is 37.1 Å². The average molecular weight is 297 g/mol. The summed E-state index contributed by atoms with van der Waals surface area (Å²) < 4.78 is 4.69. The highest BCUT2D eigenvalue weighted by molar-refractivity contribution is 6.30. The summed E-state index contributed by atoms with van der Waals surface area (Å²) in [5, 5.41) is 3.40. The zero-order valence-corrected chi connectivity index (χ0v) is 12.0. The van der Waals surface area contributed by atoms with E-state index < -0.39 is 0 Å². The SMILES string of the molecule is COC(=O)N1CCCC(C(=O)Nc2cccc(Cl)c2)C1. The number of methoxy groups -OCH3 is 1. The van der Waals surface area contributed by atoms with Gasteiger partial charge in [-0.05, 0) is 31.0 Å². The number of ether oxygens (including phenoxy) is 1. The van der Waals surface area contributed by atoms with E-state index in [2.05, 4.69) is 10.1 Å². The van der Waals surface area contributed by atoms with E-state index in [-0.39, 0.29) is 17.9 Å². The van der Waals surface area contributed by atoms with E-state index in [0.717, 1.165) is 12.8 Å². The number of piperidine rings is 1. The summed E-state index contributed by atoms with van der Waals surface area (Å²) in [4.78, 5) is 25.3. The molecule has 0 aliphatic carbocycles. The smallest absolute Gasteiger partial charge is 0.409 e. The van der Waals surface area contributed by atoms with Gasteiger partial charge in [-0.1, -0.05) is 17.7 Å². The molecule has 1 atom stereocenters. The molecule has 0 saturated carbocycles. The van der Waals surface area contributed by atoms with Crippen molar-refractivity contribution >= 4 is 29.3 Å². The van der Waals surface area contributed by atoms with Crippen LogP contribution in [0, 0.1) is 5.92 Å². The number of carbonyl (C=O) groups is 2. The molecule has 1 aliphatic rings. The van der Waals surface area contributed by atoms with Gasteiger partial charge in [0, 0.05) is 23.8 Å². The number of nitrogens with zero attached hydrogens (tertiary/aromatic N) is 1. The quantitative estimate of drug-likeness (QED) is 0.913. The number of rotatable bonds is 2. The van der Waals surface area contributed by atoms with Crippen LogP contribution in [0.25, 0.3) is 0 Å². The van der Waals surface area contributed by atoms with Gasteiger partial charge in [0.2, 0.25) is 5.91 Å². The molecule has 0 bridgehead atoms. The Kier molecular flexibility index (Phi) is 4.84. The lowest BCUT2D eigenvalue weighted by atomic mass is 9.97.